The van der Waals surface area contributed by atoms with Gasteiger partial charge < -0.3 is 4.98 Å². The minimum atomic E-state index is -4.07. The van der Waals surface area contributed by atoms with Crippen molar-refractivity contribution in [3.8, 4) is 0 Å². The number of aromatic nitrogens is 1. The summed E-state index contributed by atoms with van der Waals surface area (Å²) in [6.45, 7) is -0.0116. The second-order valence-electron chi connectivity index (χ2n) is 3.92. The van der Waals surface area contributed by atoms with Crippen LogP contribution in [0.15, 0.2) is 41.6 Å². The van der Waals surface area contributed by atoms with Gasteiger partial charge in [0.15, 0.2) is 0 Å². The summed E-state index contributed by atoms with van der Waals surface area (Å²) < 4.78 is 39.6. The lowest BCUT2D eigenvalue weighted by atomic mass is 10.3. The van der Waals surface area contributed by atoms with Crippen molar-refractivity contribution >= 4 is 15.7 Å². The number of H-pyrrole nitrogens is 1. The van der Waals surface area contributed by atoms with Crippen LogP contribution in [0.5, 0.6) is 0 Å². The van der Waals surface area contributed by atoms with Crippen LogP contribution in [0, 0.1) is 15.9 Å². The Kier molecular flexibility index (Phi) is 3.81. The Balaban J connectivity index is 2.23. The number of halogens is 1. The number of nitro benzene ring substituents is 1. The normalized spacial score (nSPS) is 11.4. The van der Waals surface area contributed by atoms with E-state index in [9.17, 15) is 22.9 Å². The Bertz CT molecular complexity index is 728. The highest BCUT2D eigenvalue weighted by Gasteiger charge is 2.21. The zero-order valence-corrected chi connectivity index (χ0v) is 10.9. The lowest BCUT2D eigenvalue weighted by Gasteiger charge is -2.06. The fourth-order valence-electron chi connectivity index (χ4n) is 1.55. The highest BCUT2D eigenvalue weighted by atomic mass is 32.2. The maximum absolute atomic E-state index is 13.6. The van der Waals surface area contributed by atoms with E-state index in [-0.39, 0.29) is 6.54 Å². The van der Waals surface area contributed by atoms with Gasteiger partial charge in [0.25, 0.3) is 5.69 Å². The maximum Gasteiger partial charge on any atom is 0.272 e. The molecule has 2 N–H and O–H groups in total. The average Bonchev–Trinajstić information content (AvgIpc) is 2.89. The molecule has 0 unspecified atom stereocenters. The Labute approximate surface area is 113 Å². The molecule has 1 aromatic heterocycles. The number of nitrogens with one attached hydrogen (secondary N) is 2. The van der Waals surface area contributed by atoms with Crippen LogP contribution in [0.1, 0.15) is 5.56 Å². The molecule has 20 heavy (non-hydrogen) atoms. The Hall–Kier alpha value is -2.26. The number of benzene rings is 1. The molecule has 0 radical (unpaired) electrons. The molecule has 0 aliphatic carbocycles. The molecule has 0 bridgehead atoms. The summed E-state index contributed by atoms with van der Waals surface area (Å²) in [6, 6.07) is 4.04. The van der Waals surface area contributed by atoms with Crippen LogP contribution in [0.3, 0.4) is 0 Å². The molecule has 0 saturated carbocycles. The molecule has 2 aromatic rings. The van der Waals surface area contributed by atoms with Crippen molar-refractivity contribution in [1.29, 1.82) is 0 Å². The van der Waals surface area contributed by atoms with Crippen LogP contribution >= 0.6 is 0 Å². The lowest BCUT2D eigenvalue weighted by molar-refractivity contribution is -0.385. The first kappa shape index (κ1) is 14.2. The predicted molar refractivity (Wildman–Crippen MR) is 67.9 cm³/mol. The highest BCUT2D eigenvalue weighted by molar-refractivity contribution is 7.89. The molecular formula is C11H10FN3O4S. The first-order valence-corrected chi connectivity index (χ1v) is 6.94. The molecule has 0 aliphatic heterocycles. The van der Waals surface area contributed by atoms with E-state index in [1.54, 1.807) is 18.5 Å². The molecule has 2 rings (SSSR count). The van der Waals surface area contributed by atoms with Crippen molar-refractivity contribution in [3.63, 3.8) is 0 Å². The monoisotopic (exact) mass is 299 g/mol. The maximum atomic E-state index is 13.6. The topological polar surface area (TPSA) is 105 Å². The number of nitro groups is 1. The van der Waals surface area contributed by atoms with Gasteiger partial charge in [-0.05, 0) is 17.7 Å². The van der Waals surface area contributed by atoms with Crippen molar-refractivity contribution in [3.05, 3.63) is 58.2 Å². The van der Waals surface area contributed by atoms with E-state index in [1.165, 1.54) is 0 Å². The van der Waals surface area contributed by atoms with Gasteiger partial charge in [-0.3, -0.25) is 10.1 Å². The summed E-state index contributed by atoms with van der Waals surface area (Å²) >= 11 is 0. The molecule has 7 nitrogen and oxygen atoms in total. The molecular weight excluding hydrogens is 289 g/mol. The van der Waals surface area contributed by atoms with E-state index in [0.717, 1.165) is 12.1 Å². The number of hydrogen-bond donors (Lipinski definition) is 2. The standard InChI is InChI=1S/C11H10FN3O4S/c12-10-5-9(15(16)17)1-2-11(10)20(18,19)14-7-8-3-4-13-6-8/h1-6,13-14H,7H2. The van der Waals surface area contributed by atoms with Crippen molar-refractivity contribution in [2.75, 3.05) is 0 Å². The Morgan fingerprint density at radius 2 is 2.10 bits per heavy atom. The summed E-state index contributed by atoms with van der Waals surface area (Å²) in [5, 5.41) is 10.5. The molecule has 0 atom stereocenters. The van der Waals surface area contributed by atoms with Gasteiger partial charge in [-0.2, -0.15) is 0 Å². The number of aromatic amines is 1. The van der Waals surface area contributed by atoms with Crippen LogP contribution < -0.4 is 4.72 Å². The third-order valence-electron chi connectivity index (χ3n) is 2.54. The highest BCUT2D eigenvalue weighted by Crippen LogP contribution is 2.20. The van der Waals surface area contributed by atoms with Crippen molar-refractivity contribution in [1.82, 2.24) is 9.71 Å². The second kappa shape index (κ2) is 5.39. The summed E-state index contributed by atoms with van der Waals surface area (Å²) in [6.07, 6.45) is 3.21. The Morgan fingerprint density at radius 3 is 2.65 bits per heavy atom. The molecule has 0 saturated heterocycles. The van der Waals surface area contributed by atoms with Gasteiger partial charge in [0.1, 0.15) is 10.7 Å². The summed E-state index contributed by atoms with van der Waals surface area (Å²) in [4.78, 5) is 11.8. The minimum absolute atomic E-state index is 0.0116. The molecule has 0 fully saturated rings. The largest absolute Gasteiger partial charge is 0.367 e. The molecule has 1 heterocycles. The number of hydrogen-bond acceptors (Lipinski definition) is 4. The smallest absolute Gasteiger partial charge is 0.272 e. The fourth-order valence-corrected chi connectivity index (χ4v) is 2.62. The van der Waals surface area contributed by atoms with Crippen LogP contribution in [0.25, 0.3) is 0 Å². The predicted octanol–water partition coefficient (Wildman–Crippen LogP) is 1.54. The summed E-state index contributed by atoms with van der Waals surface area (Å²) in [5.74, 6) is -1.17. The number of sulfonamides is 1. The second-order valence-corrected chi connectivity index (χ2v) is 5.65. The number of non-ortho nitro benzene ring substituents is 1. The van der Waals surface area contributed by atoms with E-state index in [4.69, 9.17) is 0 Å². The minimum Gasteiger partial charge on any atom is -0.367 e. The van der Waals surface area contributed by atoms with Gasteiger partial charge in [-0.1, -0.05) is 0 Å². The van der Waals surface area contributed by atoms with Gasteiger partial charge in [0.2, 0.25) is 10.0 Å². The number of nitrogens with zero attached hydrogens (tertiary/aromatic N) is 1. The summed E-state index contributed by atoms with van der Waals surface area (Å²) in [5.41, 5.74) is 0.169. The quantitative estimate of drug-likeness (QED) is 0.645. The van der Waals surface area contributed by atoms with Gasteiger partial charge in [0.05, 0.1) is 11.0 Å². The lowest BCUT2D eigenvalue weighted by Crippen LogP contribution is -2.24. The van der Waals surface area contributed by atoms with Crippen molar-refractivity contribution < 1.29 is 17.7 Å². The van der Waals surface area contributed by atoms with E-state index in [1.807, 2.05) is 0 Å². The molecule has 9 heteroatoms. The SMILES string of the molecule is O=[N+]([O-])c1ccc(S(=O)(=O)NCc2cc[nH]c2)c(F)c1. The molecule has 0 aliphatic rings. The first-order valence-electron chi connectivity index (χ1n) is 5.45. The molecule has 106 valence electrons. The molecule has 0 amide bonds. The average molecular weight is 299 g/mol. The molecule has 1 aromatic carbocycles. The Morgan fingerprint density at radius 1 is 1.35 bits per heavy atom. The van der Waals surface area contributed by atoms with E-state index < -0.39 is 31.3 Å². The van der Waals surface area contributed by atoms with E-state index in [0.29, 0.717) is 11.6 Å². The van der Waals surface area contributed by atoms with Gasteiger partial charge in [-0.15, -0.1) is 0 Å². The van der Waals surface area contributed by atoms with Crippen LogP contribution in [0.4, 0.5) is 10.1 Å². The van der Waals surface area contributed by atoms with E-state index in [2.05, 4.69) is 9.71 Å². The summed E-state index contributed by atoms with van der Waals surface area (Å²) in [7, 11) is -4.07. The molecule has 0 spiro atoms. The van der Waals surface area contributed by atoms with Gasteiger partial charge >= 0.3 is 0 Å². The first-order chi connectivity index (χ1) is 9.40. The number of rotatable bonds is 5. The van der Waals surface area contributed by atoms with Crippen LogP contribution in [-0.4, -0.2) is 18.3 Å². The van der Waals surface area contributed by atoms with Crippen LogP contribution in [-0.2, 0) is 16.6 Å². The van der Waals surface area contributed by atoms with Crippen molar-refractivity contribution in [2.24, 2.45) is 0 Å². The van der Waals surface area contributed by atoms with Crippen LogP contribution in [0.2, 0.25) is 0 Å². The zero-order valence-electron chi connectivity index (χ0n) is 10.0. The van der Waals surface area contributed by atoms with E-state index >= 15 is 0 Å². The third-order valence-corrected chi connectivity index (χ3v) is 3.98. The third kappa shape index (κ3) is 3.00. The van der Waals surface area contributed by atoms with Crippen molar-refractivity contribution in [2.45, 2.75) is 11.4 Å². The van der Waals surface area contributed by atoms with Gasteiger partial charge in [-0.25, -0.2) is 17.5 Å². The fraction of sp³-hybridized carbons (Fsp3) is 0.0909. The van der Waals surface area contributed by atoms with Gasteiger partial charge in [0, 0.05) is 25.0 Å². The zero-order chi connectivity index (χ0) is 14.8.